The molecule has 178 valence electrons. The molecule has 0 saturated heterocycles. The highest BCUT2D eigenvalue weighted by Gasteiger charge is 2.15. The summed E-state index contributed by atoms with van der Waals surface area (Å²) in [6.07, 6.45) is 2.93. The van der Waals surface area contributed by atoms with Crippen LogP contribution < -0.4 is 0 Å². The van der Waals surface area contributed by atoms with E-state index in [0.717, 1.165) is 12.1 Å². The van der Waals surface area contributed by atoms with Crippen LogP contribution in [0.25, 0.3) is 33.6 Å². The van der Waals surface area contributed by atoms with E-state index in [1.54, 1.807) is 24.3 Å². The maximum Gasteiger partial charge on any atom is 0.335 e. The number of carbonyl (C=O) groups is 4. The maximum atomic E-state index is 11.4. The lowest BCUT2D eigenvalue weighted by Gasteiger charge is -2.08. The lowest BCUT2D eigenvalue weighted by Crippen LogP contribution is -2.03. The lowest BCUT2D eigenvalue weighted by molar-refractivity contribution is 0.0676. The van der Waals surface area contributed by atoms with Gasteiger partial charge in [-0.25, -0.2) is 19.2 Å². The number of benzene rings is 2. The van der Waals surface area contributed by atoms with E-state index >= 15 is 0 Å². The fourth-order valence-electron chi connectivity index (χ4n) is 3.51. The van der Waals surface area contributed by atoms with Crippen LogP contribution in [-0.4, -0.2) is 54.3 Å². The van der Waals surface area contributed by atoms with Crippen LogP contribution in [0.1, 0.15) is 41.4 Å². The average Bonchev–Trinajstić information content (AvgIpc) is 2.88. The van der Waals surface area contributed by atoms with Gasteiger partial charge in [-0.05, 0) is 59.7 Å². The van der Waals surface area contributed by atoms with E-state index in [1.807, 2.05) is 0 Å². The van der Waals surface area contributed by atoms with Crippen molar-refractivity contribution in [3.05, 3.63) is 95.3 Å². The number of carboxylic acid groups (broad SMARTS) is 4. The van der Waals surface area contributed by atoms with Crippen LogP contribution in [0.15, 0.2) is 73.1 Å². The van der Waals surface area contributed by atoms with Gasteiger partial charge < -0.3 is 20.4 Å². The summed E-state index contributed by atoms with van der Waals surface area (Å²) in [5.74, 6) is -5.01. The Hall–Kier alpha value is -5.38. The van der Waals surface area contributed by atoms with Gasteiger partial charge in [0.2, 0.25) is 0 Å². The van der Waals surface area contributed by atoms with E-state index in [2.05, 4.69) is 9.97 Å². The first kappa shape index (κ1) is 23.8. The van der Waals surface area contributed by atoms with Gasteiger partial charge in [0.1, 0.15) is 0 Å². The molecule has 4 N–H and O–H groups in total. The number of aromatic carboxylic acids is 4. The maximum absolute atomic E-state index is 11.4. The molecule has 2 heterocycles. The second kappa shape index (κ2) is 9.47. The molecule has 10 heteroatoms. The molecular formula is C26H16N2O8. The summed E-state index contributed by atoms with van der Waals surface area (Å²) in [6, 6.07) is 14.2. The van der Waals surface area contributed by atoms with Gasteiger partial charge in [0.15, 0.2) is 0 Å². The quantitative estimate of drug-likeness (QED) is 0.296. The molecule has 0 spiro atoms. The number of hydrogen-bond acceptors (Lipinski definition) is 6. The van der Waals surface area contributed by atoms with E-state index < -0.39 is 23.9 Å². The summed E-state index contributed by atoms with van der Waals surface area (Å²) in [5, 5.41) is 37.1. The third-order valence-corrected chi connectivity index (χ3v) is 5.31. The molecular weight excluding hydrogens is 468 g/mol. The summed E-state index contributed by atoms with van der Waals surface area (Å²) >= 11 is 0. The van der Waals surface area contributed by atoms with Crippen molar-refractivity contribution in [1.82, 2.24) is 9.97 Å². The molecule has 0 bridgehead atoms. The van der Waals surface area contributed by atoms with Gasteiger partial charge in [0.05, 0.1) is 33.6 Å². The van der Waals surface area contributed by atoms with E-state index in [9.17, 15) is 39.6 Å². The first-order valence-electron chi connectivity index (χ1n) is 10.3. The summed E-state index contributed by atoms with van der Waals surface area (Å²) in [7, 11) is 0. The van der Waals surface area contributed by atoms with E-state index in [-0.39, 0.29) is 22.3 Å². The fourth-order valence-corrected chi connectivity index (χ4v) is 3.51. The van der Waals surface area contributed by atoms with Crippen LogP contribution in [0.3, 0.4) is 0 Å². The summed E-state index contributed by atoms with van der Waals surface area (Å²) < 4.78 is 0. The van der Waals surface area contributed by atoms with Crippen molar-refractivity contribution in [2.24, 2.45) is 0 Å². The Morgan fingerprint density at radius 1 is 0.444 bits per heavy atom. The molecule has 0 aliphatic rings. The molecule has 4 aromatic rings. The topological polar surface area (TPSA) is 175 Å². The van der Waals surface area contributed by atoms with Crippen molar-refractivity contribution in [2.45, 2.75) is 0 Å². The Kier molecular flexibility index (Phi) is 6.25. The van der Waals surface area contributed by atoms with Gasteiger partial charge in [-0.15, -0.1) is 0 Å². The zero-order chi connectivity index (χ0) is 26.0. The minimum Gasteiger partial charge on any atom is -0.478 e. The average molecular weight is 484 g/mol. The monoisotopic (exact) mass is 484 g/mol. The predicted octanol–water partition coefficient (Wildman–Crippen LogP) is 4.27. The van der Waals surface area contributed by atoms with Crippen molar-refractivity contribution in [3.63, 3.8) is 0 Å². The largest absolute Gasteiger partial charge is 0.478 e. The molecule has 0 amide bonds. The van der Waals surface area contributed by atoms with Gasteiger partial charge in [0.25, 0.3) is 0 Å². The molecule has 10 nitrogen and oxygen atoms in total. The predicted molar refractivity (Wildman–Crippen MR) is 126 cm³/mol. The van der Waals surface area contributed by atoms with Gasteiger partial charge >= 0.3 is 23.9 Å². The molecule has 0 fully saturated rings. The molecule has 0 saturated carbocycles. The first-order valence-corrected chi connectivity index (χ1v) is 10.3. The molecule has 0 atom stereocenters. The molecule has 36 heavy (non-hydrogen) atoms. The zero-order valence-electron chi connectivity index (χ0n) is 18.2. The number of aromatic nitrogens is 2. The van der Waals surface area contributed by atoms with Crippen molar-refractivity contribution >= 4 is 23.9 Å². The van der Waals surface area contributed by atoms with Crippen LogP contribution in [0, 0.1) is 0 Å². The summed E-state index contributed by atoms with van der Waals surface area (Å²) in [5.41, 5.74) is 2.07. The van der Waals surface area contributed by atoms with Crippen molar-refractivity contribution < 1.29 is 39.6 Å². The van der Waals surface area contributed by atoms with Gasteiger partial charge in [-0.1, -0.05) is 12.1 Å². The number of hydrogen-bond donors (Lipinski definition) is 4. The molecule has 4 rings (SSSR count). The minimum absolute atomic E-state index is 0.163. The third-order valence-electron chi connectivity index (χ3n) is 5.31. The highest BCUT2D eigenvalue weighted by molar-refractivity contribution is 5.97. The van der Waals surface area contributed by atoms with Gasteiger partial charge in [-0.3, -0.25) is 9.97 Å². The summed E-state index contributed by atoms with van der Waals surface area (Å²) in [4.78, 5) is 54.1. The molecule has 0 aliphatic heterocycles. The van der Waals surface area contributed by atoms with Gasteiger partial charge in [0, 0.05) is 23.5 Å². The Morgan fingerprint density at radius 2 is 0.750 bits per heavy atom. The number of nitrogens with zero attached hydrogens (tertiary/aromatic N) is 2. The number of pyridine rings is 2. The second-order valence-electron chi connectivity index (χ2n) is 7.68. The Morgan fingerprint density at radius 3 is 0.972 bits per heavy atom. The summed E-state index contributed by atoms with van der Waals surface area (Å²) in [6.45, 7) is 0. The van der Waals surface area contributed by atoms with E-state index in [0.29, 0.717) is 33.6 Å². The van der Waals surface area contributed by atoms with Gasteiger partial charge in [-0.2, -0.15) is 0 Å². The van der Waals surface area contributed by atoms with Crippen LogP contribution >= 0.6 is 0 Å². The first-order chi connectivity index (χ1) is 17.1. The highest BCUT2D eigenvalue weighted by atomic mass is 16.4. The lowest BCUT2D eigenvalue weighted by atomic mass is 10.00. The molecule has 2 aromatic carbocycles. The Labute approximate surface area is 202 Å². The highest BCUT2D eigenvalue weighted by Crippen LogP contribution is 2.27. The van der Waals surface area contributed by atoms with Crippen LogP contribution in [0.2, 0.25) is 0 Å². The normalized spacial score (nSPS) is 10.6. The molecule has 2 aromatic heterocycles. The number of carboxylic acids is 4. The Bertz CT molecular complexity index is 1350. The minimum atomic E-state index is -1.25. The van der Waals surface area contributed by atoms with Crippen molar-refractivity contribution in [1.29, 1.82) is 0 Å². The molecule has 0 radical (unpaired) electrons. The van der Waals surface area contributed by atoms with Crippen LogP contribution in [0.4, 0.5) is 0 Å². The fraction of sp³-hybridized carbons (Fsp3) is 0. The van der Waals surface area contributed by atoms with Crippen molar-refractivity contribution in [2.75, 3.05) is 0 Å². The third kappa shape index (κ3) is 4.92. The van der Waals surface area contributed by atoms with E-state index in [1.165, 1.54) is 36.7 Å². The number of rotatable bonds is 7. The zero-order valence-corrected chi connectivity index (χ0v) is 18.2. The SMILES string of the molecule is O=C(O)c1cc(C(=O)O)cc(-c2ccc(-c3ccc(-c4cc(C(=O)O)cc(C(=O)O)c4)cn3)nc2)c1. The Balaban J connectivity index is 1.64. The van der Waals surface area contributed by atoms with Crippen LogP contribution in [0.5, 0.6) is 0 Å². The van der Waals surface area contributed by atoms with E-state index in [4.69, 9.17) is 0 Å². The van der Waals surface area contributed by atoms with Crippen molar-refractivity contribution in [3.8, 4) is 33.6 Å². The van der Waals surface area contributed by atoms with Crippen LogP contribution in [-0.2, 0) is 0 Å². The standard InChI is InChI=1S/C26H16N2O8/c29-23(30)17-5-15(6-18(9-17)24(31)32)13-1-3-21(27-11-13)22-4-2-14(12-28-22)16-7-19(25(33)34)10-20(8-16)26(35)36/h1-12H,(H,29,30)(H,31,32)(H,33,34)(H,35,36). The second-order valence-corrected chi connectivity index (χ2v) is 7.68. The molecule has 0 unspecified atom stereocenters. The smallest absolute Gasteiger partial charge is 0.335 e. The molecule has 0 aliphatic carbocycles.